The van der Waals surface area contributed by atoms with Gasteiger partial charge in [0.05, 0.1) is 11.5 Å². The molecule has 2 aliphatic rings. The molecule has 3 heteroatoms. The fourth-order valence-corrected chi connectivity index (χ4v) is 4.46. The van der Waals surface area contributed by atoms with Crippen molar-refractivity contribution in [2.24, 2.45) is 5.41 Å². The maximum Gasteiger partial charge on any atom is 0.256 e. The molecule has 23 heavy (non-hydrogen) atoms. The lowest BCUT2D eigenvalue weighted by Gasteiger charge is -2.43. The SMILES string of the molecule is C=C(N1CCCC1c1ccc(C)cc1)C1(C(C)(F)F)CCCC1. The van der Waals surface area contributed by atoms with Crippen LogP contribution in [0, 0.1) is 12.3 Å². The van der Waals surface area contributed by atoms with E-state index >= 15 is 0 Å². The van der Waals surface area contributed by atoms with Gasteiger partial charge in [-0.25, -0.2) is 8.78 Å². The predicted octanol–water partition coefficient (Wildman–Crippen LogP) is 5.86. The number of aryl methyl sites for hydroxylation is 1. The van der Waals surface area contributed by atoms with Crippen molar-refractivity contribution in [3.05, 3.63) is 47.7 Å². The van der Waals surface area contributed by atoms with Crippen LogP contribution >= 0.6 is 0 Å². The van der Waals surface area contributed by atoms with E-state index < -0.39 is 11.3 Å². The number of allylic oxidation sites excluding steroid dienone is 1. The Morgan fingerprint density at radius 2 is 1.78 bits per heavy atom. The van der Waals surface area contributed by atoms with Gasteiger partial charge in [-0.3, -0.25) is 0 Å². The maximum atomic E-state index is 14.5. The molecule has 0 N–H and O–H groups in total. The first-order valence-corrected chi connectivity index (χ1v) is 8.75. The molecule has 0 amide bonds. The van der Waals surface area contributed by atoms with Crippen molar-refractivity contribution in [3.8, 4) is 0 Å². The lowest BCUT2D eigenvalue weighted by atomic mass is 9.76. The first kappa shape index (κ1) is 16.5. The van der Waals surface area contributed by atoms with Crippen molar-refractivity contribution in [1.29, 1.82) is 0 Å². The Balaban J connectivity index is 1.90. The predicted molar refractivity (Wildman–Crippen MR) is 90.5 cm³/mol. The van der Waals surface area contributed by atoms with E-state index in [1.807, 2.05) is 0 Å². The van der Waals surface area contributed by atoms with Gasteiger partial charge in [0.2, 0.25) is 0 Å². The summed E-state index contributed by atoms with van der Waals surface area (Å²) in [5.41, 5.74) is 2.08. The number of hydrogen-bond donors (Lipinski definition) is 0. The second-order valence-electron chi connectivity index (χ2n) is 7.39. The summed E-state index contributed by atoms with van der Waals surface area (Å²) in [6.45, 7) is 8.19. The standard InChI is InChI=1S/C20H27F2N/c1-15-8-10-17(11-9-15)18-7-6-14-23(18)16(2)20(19(3,21)22)12-4-5-13-20/h8-11,18H,2,4-7,12-14H2,1,3H3. The van der Waals surface area contributed by atoms with Gasteiger partial charge in [-0.15, -0.1) is 0 Å². The van der Waals surface area contributed by atoms with E-state index in [4.69, 9.17) is 0 Å². The van der Waals surface area contributed by atoms with Crippen molar-refractivity contribution in [2.75, 3.05) is 6.54 Å². The Hall–Kier alpha value is -1.38. The second kappa shape index (κ2) is 5.92. The van der Waals surface area contributed by atoms with Crippen LogP contribution in [0.5, 0.6) is 0 Å². The molecule has 0 radical (unpaired) electrons. The lowest BCUT2D eigenvalue weighted by Crippen LogP contribution is -2.44. The highest BCUT2D eigenvalue weighted by molar-refractivity contribution is 5.28. The Morgan fingerprint density at radius 3 is 2.35 bits per heavy atom. The molecule has 1 aliphatic heterocycles. The summed E-state index contributed by atoms with van der Waals surface area (Å²) in [7, 11) is 0. The molecule has 1 aliphatic carbocycles. The van der Waals surface area contributed by atoms with Gasteiger partial charge in [0.1, 0.15) is 0 Å². The largest absolute Gasteiger partial charge is 0.368 e. The Morgan fingerprint density at radius 1 is 1.17 bits per heavy atom. The second-order valence-corrected chi connectivity index (χ2v) is 7.39. The highest BCUT2D eigenvalue weighted by Crippen LogP contribution is 2.56. The highest BCUT2D eigenvalue weighted by atomic mass is 19.3. The minimum atomic E-state index is -2.71. The third kappa shape index (κ3) is 2.79. The van der Waals surface area contributed by atoms with Crippen LogP contribution in [0.4, 0.5) is 8.78 Å². The molecule has 1 nitrogen and oxygen atoms in total. The number of halogens is 2. The molecule has 1 heterocycles. The van der Waals surface area contributed by atoms with Crippen molar-refractivity contribution < 1.29 is 8.78 Å². The average molecular weight is 319 g/mol. The Bertz CT molecular complexity index is 564. The average Bonchev–Trinajstić information content (AvgIpc) is 3.16. The molecule has 2 fully saturated rings. The third-order valence-corrected chi connectivity index (χ3v) is 5.91. The Labute approximate surface area is 138 Å². The van der Waals surface area contributed by atoms with Crippen LogP contribution in [-0.4, -0.2) is 17.4 Å². The molecule has 1 aromatic rings. The van der Waals surface area contributed by atoms with Crippen LogP contribution in [0.25, 0.3) is 0 Å². The monoisotopic (exact) mass is 319 g/mol. The minimum Gasteiger partial charge on any atom is -0.368 e. The van der Waals surface area contributed by atoms with E-state index in [-0.39, 0.29) is 6.04 Å². The van der Waals surface area contributed by atoms with Crippen LogP contribution in [0.2, 0.25) is 0 Å². The minimum absolute atomic E-state index is 0.197. The Kier molecular flexibility index (Phi) is 4.24. The van der Waals surface area contributed by atoms with Crippen molar-refractivity contribution >= 4 is 0 Å². The number of hydrogen-bond acceptors (Lipinski definition) is 1. The van der Waals surface area contributed by atoms with E-state index in [9.17, 15) is 8.78 Å². The number of alkyl halides is 2. The molecule has 0 bridgehead atoms. The van der Waals surface area contributed by atoms with E-state index in [2.05, 4.69) is 42.7 Å². The summed E-state index contributed by atoms with van der Waals surface area (Å²) >= 11 is 0. The van der Waals surface area contributed by atoms with Crippen LogP contribution in [0.3, 0.4) is 0 Å². The molecule has 1 atom stereocenters. The number of nitrogens with zero attached hydrogens (tertiary/aromatic N) is 1. The zero-order chi connectivity index (χ0) is 16.7. The van der Waals surface area contributed by atoms with Gasteiger partial charge in [0.15, 0.2) is 0 Å². The highest BCUT2D eigenvalue weighted by Gasteiger charge is 2.55. The smallest absolute Gasteiger partial charge is 0.256 e. The van der Waals surface area contributed by atoms with E-state index in [1.165, 1.54) is 11.1 Å². The quantitative estimate of drug-likeness (QED) is 0.671. The molecule has 3 rings (SSSR count). The zero-order valence-electron chi connectivity index (χ0n) is 14.2. The van der Waals surface area contributed by atoms with E-state index in [0.717, 1.165) is 39.2 Å². The summed E-state index contributed by atoms with van der Waals surface area (Å²) in [5, 5.41) is 0. The summed E-state index contributed by atoms with van der Waals surface area (Å²) in [6, 6.07) is 8.68. The van der Waals surface area contributed by atoms with E-state index in [0.29, 0.717) is 18.5 Å². The van der Waals surface area contributed by atoms with Gasteiger partial charge in [0, 0.05) is 19.2 Å². The molecule has 1 saturated carbocycles. The molecular formula is C20H27F2N. The first-order valence-electron chi connectivity index (χ1n) is 8.75. The molecule has 126 valence electrons. The van der Waals surface area contributed by atoms with Crippen LogP contribution in [0.15, 0.2) is 36.5 Å². The van der Waals surface area contributed by atoms with Crippen molar-refractivity contribution in [3.63, 3.8) is 0 Å². The fourth-order valence-electron chi connectivity index (χ4n) is 4.46. The van der Waals surface area contributed by atoms with Crippen molar-refractivity contribution in [1.82, 2.24) is 4.90 Å². The van der Waals surface area contributed by atoms with Crippen molar-refractivity contribution in [2.45, 2.75) is 64.3 Å². The topological polar surface area (TPSA) is 3.24 Å². The van der Waals surface area contributed by atoms with Gasteiger partial charge in [0.25, 0.3) is 5.92 Å². The van der Waals surface area contributed by atoms with Gasteiger partial charge in [-0.05, 0) is 38.2 Å². The maximum absolute atomic E-state index is 14.5. The van der Waals surface area contributed by atoms with E-state index in [1.54, 1.807) is 0 Å². The lowest BCUT2D eigenvalue weighted by molar-refractivity contribution is -0.0958. The van der Waals surface area contributed by atoms with Crippen LogP contribution in [-0.2, 0) is 0 Å². The normalized spacial score (nSPS) is 24.2. The fraction of sp³-hybridized carbons (Fsp3) is 0.600. The molecule has 1 unspecified atom stereocenters. The zero-order valence-corrected chi connectivity index (χ0v) is 14.2. The number of rotatable bonds is 4. The number of likely N-dealkylation sites (tertiary alicyclic amines) is 1. The van der Waals surface area contributed by atoms with Gasteiger partial charge < -0.3 is 4.90 Å². The molecule has 1 aromatic carbocycles. The summed E-state index contributed by atoms with van der Waals surface area (Å²) in [6.07, 6.45) is 4.95. The molecule has 1 saturated heterocycles. The molecular weight excluding hydrogens is 292 g/mol. The first-order chi connectivity index (χ1) is 10.8. The third-order valence-electron chi connectivity index (χ3n) is 5.91. The van der Waals surface area contributed by atoms with Crippen LogP contribution < -0.4 is 0 Å². The van der Waals surface area contributed by atoms with Gasteiger partial charge in [-0.2, -0.15) is 0 Å². The summed E-state index contributed by atoms with van der Waals surface area (Å²) < 4.78 is 29.0. The van der Waals surface area contributed by atoms with Gasteiger partial charge >= 0.3 is 0 Å². The summed E-state index contributed by atoms with van der Waals surface area (Å²) in [4.78, 5) is 2.17. The number of benzene rings is 1. The van der Waals surface area contributed by atoms with Gasteiger partial charge in [-0.1, -0.05) is 49.2 Å². The summed E-state index contributed by atoms with van der Waals surface area (Å²) in [5.74, 6) is -2.71. The molecule has 0 aromatic heterocycles. The molecule has 0 spiro atoms. The van der Waals surface area contributed by atoms with Crippen LogP contribution in [0.1, 0.15) is 62.6 Å².